The van der Waals surface area contributed by atoms with E-state index in [0.29, 0.717) is 5.41 Å². The van der Waals surface area contributed by atoms with E-state index >= 15 is 0 Å². The molecule has 0 spiro atoms. The summed E-state index contributed by atoms with van der Waals surface area (Å²) in [4.78, 5) is 0.788. The van der Waals surface area contributed by atoms with Gasteiger partial charge in [0.1, 0.15) is 0 Å². The maximum absolute atomic E-state index is 5.92. The molecule has 0 aromatic carbocycles. The minimum absolute atomic E-state index is 0.145. The van der Waals surface area contributed by atoms with Gasteiger partial charge in [0.25, 0.3) is 0 Å². The molecule has 10 atom stereocenters. The van der Waals surface area contributed by atoms with Crippen LogP contribution < -0.4 is 0 Å². The first-order chi connectivity index (χ1) is 8.74. The summed E-state index contributed by atoms with van der Waals surface area (Å²) in [5.74, 6) is 7.64. The van der Waals surface area contributed by atoms with Crippen molar-refractivity contribution in [3.8, 4) is 0 Å². The molecule has 0 N–H and O–H groups in total. The molecular weight excluding hydrogens is 292 g/mol. The SMILES string of the molecule is C[C@@]12[C@H]3[C@@H]4C[C@@H]5[C@H]([C@H]4[C@H]1Br)[C@@H]2[C@@H](C1OCCO1)[C@H]53. The first kappa shape index (κ1) is 10.2. The minimum Gasteiger partial charge on any atom is -0.350 e. The highest BCUT2D eigenvalue weighted by Gasteiger charge is 2.87. The molecule has 7 aliphatic rings. The zero-order valence-corrected chi connectivity index (χ0v) is 12.2. The third kappa shape index (κ3) is 0.722. The Hall–Kier alpha value is 0.400. The molecule has 98 valence electrons. The van der Waals surface area contributed by atoms with E-state index in [1.807, 2.05) is 0 Å². The van der Waals surface area contributed by atoms with Crippen LogP contribution in [-0.2, 0) is 9.47 Å². The average Bonchev–Trinajstić information content (AvgIpc) is 3.07. The van der Waals surface area contributed by atoms with E-state index in [1.54, 1.807) is 0 Å². The van der Waals surface area contributed by atoms with Crippen molar-refractivity contribution in [2.45, 2.75) is 24.5 Å². The minimum atomic E-state index is 0.145. The molecule has 3 heteroatoms. The fourth-order valence-electron chi connectivity index (χ4n) is 8.15. The van der Waals surface area contributed by atoms with Gasteiger partial charge in [0, 0.05) is 10.7 Å². The highest BCUT2D eigenvalue weighted by atomic mass is 79.9. The Morgan fingerprint density at radius 2 is 1.67 bits per heavy atom. The van der Waals surface area contributed by atoms with Crippen LogP contribution in [0.1, 0.15) is 13.3 Å². The van der Waals surface area contributed by atoms with Crippen LogP contribution in [0.4, 0.5) is 0 Å². The van der Waals surface area contributed by atoms with Crippen molar-refractivity contribution in [3.63, 3.8) is 0 Å². The largest absolute Gasteiger partial charge is 0.350 e. The molecule has 0 radical (unpaired) electrons. The Morgan fingerprint density at radius 3 is 2.39 bits per heavy atom. The van der Waals surface area contributed by atoms with Gasteiger partial charge in [-0.25, -0.2) is 0 Å². The van der Waals surface area contributed by atoms with Gasteiger partial charge >= 0.3 is 0 Å². The molecule has 6 saturated carbocycles. The molecule has 7 rings (SSSR count). The van der Waals surface area contributed by atoms with Crippen molar-refractivity contribution in [1.82, 2.24) is 0 Å². The van der Waals surface area contributed by atoms with Crippen LogP contribution in [-0.4, -0.2) is 24.3 Å². The quantitative estimate of drug-likeness (QED) is 0.693. The summed E-state index contributed by atoms with van der Waals surface area (Å²) in [7, 11) is 0. The number of rotatable bonds is 1. The van der Waals surface area contributed by atoms with Crippen molar-refractivity contribution in [2.24, 2.45) is 52.8 Å². The lowest BCUT2D eigenvalue weighted by atomic mass is 9.64. The maximum Gasteiger partial charge on any atom is 0.161 e. The Bertz CT molecular complexity index is 446. The van der Waals surface area contributed by atoms with E-state index in [0.717, 1.165) is 65.4 Å². The van der Waals surface area contributed by atoms with Gasteiger partial charge in [0.2, 0.25) is 0 Å². The predicted molar refractivity (Wildman–Crippen MR) is 69.1 cm³/mol. The maximum atomic E-state index is 5.92. The molecular formula is C15H19BrO2. The lowest BCUT2D eigenvalue weighted by Gasteiger charge is -2.40. The monoisotopic (exact) mass is 310 g/mol. The predicted octanol–water partition coefficient (Wildman–Crippen LogP) is 2.52. The van der Waals surface area contributed by atoms with Crippen molar-refractivity contribution >= 4 is 15.9 Å². The molecule has 1 aliphatic heterocycles. The molecule has 0 unspecified atom stereocenters. The molecule has 1 saturated heterocycles. The van der Waals surface area contributed by atoms with Crippen molar-refractivity contribution in [3.05, 3.63) is 0 Å². The highest BCUT2D eigenvalue weighted by Crippen LogP contribution is 2.89. The third-order valence-corrected chi connectivity index (χ3v) is 9.55. The first-order valence-corrected chi connectivity index (χ1v) is 8.53. The van der Waals surface area contributed by atoms with Crippen molar-refractivity contribution < 1.29 is 9.47 Å². The summed E-state index contributed by atoms with van der Waals surface area (Å²) in [5.41, 5.74) is 0.567. The van der Waals surface area contributed by atoms with Gasteiger partial charge in [0.05, 0.1) is 13.2 Å². The van der Waals surface area contributed by atoms with Crippen LogP contribution in [0.5, 0.6) is 0 Å². The number of alkyl halides is 1. The summed E-state index contributed by atoms with van der Waals surface area (Å²) in [6.45, 7) is 4.22. The standard InChI is InChI=1S/C15H19BrO2/c1-15-11-6-4-5-7(9(6)13(15)16)12(15)10(8(5)11)14-17-2-3-18-14/h5-14H,2-4H2,1H3/t5-,6-,7-,8+,9+,10+,11+,12-,13-,15+/m1/s1. The fraction of sp³-hybridized carbons (Fsp3) is 1.00. The molecule has 0 amide bonds. The molecule has 6 bridgehead atoms. The lowest BCUT2D eigenvalue weighted by Crippen LogP contribution is -2.37. The normalized spacial score (nSPS) is 74.7. The molecule has 2 nitrogen and oxygen atoms in total. The second-order valence-corrected chi connectivity index (χ2v) is 8.79. The van der Waals surface area contributed by atoms with Crippen molar-refractivity contribution in [1.29, 1.82) is 0 Å². The molecule has 6 aliphatic carbocycles. The van der Waals surface area contributed by atoms with E-state index in [2.05, 4.69) is 22.9 Å². The Kier molecular flexibility index (Phi) is 1.54. The van der Waals surface area contributed by atoms with Crippen molar-refractivity contribution in [2.75, 3.05) is 13.2 Å². The third-order valence-electron chi connectivity index (χ3n) is 7.95. The second-order valence-electron chi connectivity index (χ2n) is 7.80. The first-order valence-electron chi connectivity index (χ1n) is 7.62. The Morgan fingerprint density at radius 1 is 0.944 bits per heavy atom. The van der Waals surface area contributed by atoms with Crippen LogP contribution in [0.2, 0.25) is 0 Å². The number of hydrogen-bond donors (Lipinski definition) is 0. The van der Waals surface area contributed by atoms with Gasteiger partial charge in [-0.3, -0.25) is 0 Å². The van der Waals surface area contributed by atoms with Gasteiger partial charge in [0.15, 0.2) is 6.29 Å². The van der Waals surface area contributed by atoms with E-state index in [4.69, 9.17) is 9.47 Å². The summed E-state index contributed by atoms with van der Waals surface area (Å²) in [5, 5.41) is 0. The van der Waals surface area contributed by atoms with Crippen LogP contribution in [0.25, 0.3) is 0 Å². The van der Waals surface area contributed by atoms with Crippen LogP contribution >= 0.6 is 15.9 Å². The van der Waals surface area contributed by atoms with Crippen LogP contribution in [0, 0.1) is 52.8 Å². The van der Waals surface area contributed by atoms with E-state index < -0.39 is 0 Å². The highest BCUT2D eigenvalue weighted by molar-refractivity contribution is 9.09. The second kappa shape index (κ2) is 2.73. The van der Waals surface area contributed by atoms with Gasteiger partial charge < -0.3 is 9.47 Å². The molecule has 0 aromatic rings. The summed E-state index contributed by atoms with van der Waals surface area (Å²) < 4.78 is 11.8. The Labute approximate surface area is 116 Å². The smallest absolute Gasteiger partial charge is 0.161 e. The number of halogens is 1. The zero-order chi connectivity index (χ0) is 11.8. The zero-order valence-electron chi connectivity index (χ0n) is 10.6. The fourth-order valence-corrected chi connectivity index (χ4v) is 9.50. The van der Waals surface area contributed by atoms with E-state index in [9.17, 15) is 0 Å². The molecule has 1 heterocycles. The number of hydrogen-bond acceptors (Lipinski definition) is 2. The summed E-state index contributed by atoms with van der Waals surface area (Å²) in [6, 6.07) is 0. The topological polar surface area (TPSA) is 18.5 Å². The summed E-state index contributed by atoms with van der Waals surface area (Å²) >= 11 is 4.10. The molecule has 7 fully saturated rings. The van der Waals surface area contributed by atoms with E-state index in [1.165, 1.54) is 6.42 Å². The molecule has 0 aromatic heterocycles. The number of ether oxygens (including phenoxy) is 2. The summed E-state index contributed by atoms with van der Waals surface area (Å²) in [6.07, 6.45) is 1.68. The lowest BCUT2D eigenvalue weighted by molar-refractivity contribution is -0.101. The van der Waals surface area contributed by atoms with Gasteiger partial charge in [-0.2, -0.15) is 0 Å². The van der Waals surface area contributed by atoms with Gasteiger partial charge in [-0.15, -0.1) is 0 Å². The molecule has 18 heavy (non-hydrogen) atoms. The van der Waals surface area contributed by atoms with Crippen LogP contribution in [0.15, 0.2) is 0 Å². The van der Waals surface area contributed by atoms with Gasteiger partial charge in [-0.1, -0.05) is 22.9 Å². The van der Waals surface area contributed by atoms with E-state index in [-0.39, 0.29) is 6.29 Å². The van der Waals surface area contributed by atoms with Gasteiger partial charge in [-0.05, 0) is 53.3 Å². The Balaban J connectivity index is 1.54. The van der Waals surface area contributed by atoms with Crippen LogP contribution in [0.3, 0.4) is 0 Å². The average molecular weight is 311 g/mol.